The fourth-order valence-corrected chi connectivity index (χ4v) is 2.76. The van der Waals surface area contributed by atoms with Crippen molar-refractivity contribution >= 4 is 12.6 Å². The standard InChI is InChI=1S/C11H22N2OS/c1-10(15)12-4-6-13(7-5-12)11-2-8-14-9-3-11/h10-11,15H,2-9H2,1H3. The second kappa shape index (κ2) is 5.53. The Morgan fingerprint density at radius 3 is 2.27 bits per heavy atom. The molecule has 0 N–H and O–H groups in total. The number of hydrogen-bond acceptors (Lipinski definition) is 4. The van der Waals surface area contributed by atoms with Gasteiger partial charge in [-0.1, -0.05) is 0 Å². The SMILES string of the molecule is CC(S)N1CCN(C2CCOCC2)CC1. The minimum absolute atomic E-state index is 0.404. The number of hydrogen-bond donors (Lipinski definition) is 1. The van der Waals surface area contributed by atoms with Gasteiger partial charge >= 0.3 is 0 Å². The van der Waals surface area contributed by atoms with Gasteiger partial charge in [0.2, 0.25) is 0 Å². The van der Waals surface area contributed by atoms with Gasteiger partial charge in [-0.15, -0.1) is 0 Å². The average Bonchev–Trinajstić information content (AvgIpc) is 2.30. The lowest BCUT2D eigenvalue weighted by Crippen LogP contribution is -2.52. The van der Waals surface area contributed by atoms with Crippen LogP contribution in [0.4, 0.5) is 0 Å². The van der Waals surface area contributed by atoms with Gasteiger partial charge in [0.1, 0.15) is 0 Å². The summed E-state index contributed by atoms with van der Waals surface area (Å²) in [6, 6.07) is 0.774. The van der Waals surface area contributed by atoms with E-state index in [1.807, 2.05) is 0 Å². The van der Waals surface area contributed by atoms with Crippen molar-refractivity contribution in [2.75, 3.05) is 39.4 Å². The molecule has 0 aromatic carbocycles. The largest absolute Gasteiger partial charge is 0.381 e. The minimum atomic E-state index is 0.404. The van der Waals surface area contributed by atoms with Gasteiger partial charge in [0.05, 0.1) is 0 Å². The quantitative estimate of drug-likeness (QED) is 0.714. The van der Waals surface area contributed by atoms with Crippen molar-refractivity contribution in [3.63, 3.8) is 0 Å². The van der Waals surface area contributed by atoms with Crippen LogP contribution in [0.1, 0.15) is 19.8 Å². The Morgan fingerprint density at radius 2 is 1.73 bits per heavy atom. The zero-order valence-electron chi connectivity index (χ0n) is 9.56. The van der Waals surface area contributed by atoms with E-state index in [0.29, 0.717) is 5.37 Å². The van der Waals surface area contributed by atoms with Gasteiger partial charge in [-0.25, -0.2) is 0 Å². The Bertz CT molecular complexity index is 187. The van der Waals surface area contributed by atoms with Gasteiger partial charge in [-0.3, -0.25) is 9.80 Å². The molecular formula is C11H22N2OS. The molecule has 1 unspecified atom stereocenters. The van der Waals surface area contributed by atoms with Gasteiger partial charge in [-0.2, -0.15) is 12.6 Å². The topological polar surface area (TPSA) is 15.7 Å². The molecular weight excluding hydrogens is 208 g/mol. The Morgan fingerprint density at radius 1 is 1.13 bits per heavy atom. The highest BCUT2D eigenvalue weighted by Crippen LogP contribution is 2.17. The van der Waals surface area contributed by atoms with Crippen LogP contribution in [0.2, 0.25) is 0 Å². The Kier molecular flexibility index (Phi) is 4.31. The number of piperazine rings is 1. The van der Waals surface area contributed by atoms with Crippen molar-refractivity contribution in [3.05, 3.63) is 0 Å². The molecule has 1 atom stereocenters. The predicted molar refractivity (Wildman–Crippen MR) is 65.4 cm³/mol. The molecule has 2 aliphatic rings. The van der Waals surface area contributed by atoms with Crippen molar-refractivity contribution in [3.8, 4) is 0 Å². The zero-order valence-corrected chi connectivity index (χ0v) is 10.5. The van der Waals surface area contributed by atoms with Crippen molar-refractivity contribution in [1.82, 2.24) is 9.80 Å². The van der Waals surface area contributed by atoms with Crippen molar-refractivity contribution < 1.29 is 4.74 Å². The third kappa shape index (κ3) is 3.09. The summed E-state index contributed by atoms with van der Waals surface area (Å²) < 4.78 is 5.40. The smallest absolute Gasteiger partial charge is 0.0500 e. The second-order valence-electron chi connectivity index (χ2n) is 4.55. The normalized spacial score (nSPS) is 29.2. The Labute approximate surface area is 98.2 Å². The monoisotopic (exact) mass is 230 g/mol. The first-order chi connectivity index (χ1) is 7.27. The van der Waals surface area contributed by atoms with Crippen molar-refractivity contribution in [2.45, 2.75) is 31.2 Å². The molecule has 0 aromatic rings. The summed E-state index contributed by atoms with van der Waals surface area (Å²) in [5.74, 6) is 0. The molecule has 0 bridgehead atoms. The van der Waals surface area contributed by atoms with Crippen LogP contribution >= 0.6 is 12.6 Å². The van der Waals surface area contributed by atoms with E-state index in [9.17, 15) is 0 Å². The maximum Gasteiger partial charge on any atom is 0.0500 e. The highest BCUT2D eigenvalue weighted by atomic mass is 32.1. The minimum Gasteiger partial charge on any atom is -0.381 e. The van der Waals surface area contributed by atoms with Gasteiger partial charge < -0.3 is 4.74 Å². The summed E-state index contributed by atoms with van der Waals surface area (Å²) in [6.07, 6.45) is 2.44. The third-order valence-electron chi connectivity index (χ3n) is 3.58. The van der Waals surface area contributed by atoms with E-state index in [2.05, 4.69) is 29.4 Å². The van der Waals surface area contributed by atoms with Gasteiger partial charge in [0.25, 0.3) is 0 Å². The summed E-state index contributed by atoms with van der Waals surface area (Å²) in [5.41, 5.74) is 0. The molecule has 0 amide bonds. The molecule has 4 heteroatoms. The van der Waals surface area contributed by atoms with E-state index >= 15 is 0 Å². The maximum atomic E-state index is 5.40. The van der Waals surface area contributed by atoms with Gasteiger partial charge in [0.15, 0.2) is 0 Å². The van der Waals surface area contributed by atoms with Gasteiger partial charge in [-0.05, 0) is 19.8 Å². The van der Waals surface area contributed by atoms with Crippen LogP contribution in [0.15, 0.2) is 0 Å². The molecule has 0 aliphatic carbocycles. The summed E-state index contributed by atoms with van der Waals surface area (Å²) in [4.78, 5) is 5.08. The second-order valence-corrected chi connectivity index (χ2v) is 5.29. The summed E-state index contributed by atoms with van der Waals surface area (Å²) in [7, 11) is 0. The molecule has 2 heterocycles. The van der Waals surface area contributed by atoms with Crippen molar-refractivity contribution in [2.24, 2.45) is 0 Å². The van der Waals surface area contributed by atoms with E-state index < -0.39 is 0 Å². The lowest BCUT2D eigenvalue weighted by atomic mass is 10.1. The highest BCUT2D eigenvalue weighted by Gasteiger charge is 2.26. The van der Waals surface area contributed by atoms with Gasteiger partial charge in [0, 0.05) is 50.8 Å². The van der Waals surface area contributed by atoms with Crippen LogP contribution in [0, 0.1) is 0 Å². The van der Waals surface area contributed by atoms with E-state index in [4.69, 9.17) is 4.74 Å². The fraction of sp³-hybridized carbons (Fsp3) is 1.00. The number of thiol groups is 1. The highest BCUT2D eigenvalue weighted by molar-refractivity contribution is 7.80. The molecule has 2 saturated heterocycles. The Balaban J connectivity index is 1.77. The number of nitrogens with zero attached hydrogens (tertiary/aromatic N) is 2. The zero-order chi connectivity index (χ0) is 10.7. The van der Waals surface area contributed by atoms with E-state index in [1.165, 1.54) is 39.0 Å². The summed E-state index contributed by atoms with van der Waals surface area (Å²) >= 11 is 4.49. The Hall–Kier alpha value is 0.230. The lowest BCUT2D eigenvalue weighted by Gasteiger charge is -2.41. The molecule has 2 rings (SSSR count). The summed E-state index contributed by atoms with van der Waals surface area (Å²) in [6.45, 7) is 8.81. The molecule has 0 saturated carbocycles. The van der Waals surface area contributed by atoms with Crippen LogP contribution < -0.4 is 0 Å². The van der Waals surface area contributed by atoms with E-state index in [0.717, 1.165) is 19.3 Å². The molecule has 2 aliphatic heterocycles. The molecule has 0 aromatic heterocycles. The first kappa shape index (κ1) is 11.7. The lowest BCUT2D eigenvalue weighted by molar-refractivity contribution is 0.0130. The molecule has 88 valence electrons. The third-order valence-corrected chi connectivity index (χ3v) is 3.91. The van der Waals surface area contributed by atoms with Crippen LogP contribution in [0.25, 0.3) is 0 Å². The first-order valence-electron chi connectivity index (χ1n) is 6.01. The van der Waals surface area contributed by atoms with Crippen LogP contribution in [0.5, 0.6) is 0 Å². The number of ether oxygens (including phenoxy) is 1. The maximum absolute atomic E-state index is 5.40. The fourth-order valence-electron chi connectivity index (χ4n) is 2.53. The van der Waals surface area contributed by atoms with Crippen LogP contribution in [-0.2, 0) is 4.74 Å². The summed E-state index contributed by atoms with van der Waals surface area (Å²) in [5, 5.41) is 0.404. The van der Waals surface area contributed by atoms with E-state index in [1.54, 1.807) is 0 Å². The number of rotatable bonds is 2. The molecule has 15 heavy (non-hydrogen) atoms. The first-order valence-corrected chi connectivity index (χ1v) is 6.53. The molecule has 3 nitrogen and oxygen atoms in total. The average molecular weight is 230 g/mol. The van der Waals surface area contributed by atoms with Crippen LogP contribution in [0.3, 0.4) is 0 Å². The van der Waals surface area contributed by atoms with Crippen LogP contribution in [-0.4, -0.2) is 60.6 Å². The predicted octanol–water partition coefficient (Wildman–Crippen LogP) is 1.06. The molecule has 2 fully saturated rings. The van der Waals surface area contributed by atoms with Crippen molar-refractivity contribution in [1.29, 1.82) is 0 Å². The van der Waals surface area contributed by atoms with E-state index in [-0.39, 0.29) is 0 Å². The molecule has 0 spiro atoms. The molecule has 0 radical (unpaired) electrons.